The molecule has 1 N–H and O–H groups in total. The van der Waals surface area contributed by atoms with Crippen LogP contribution >= 0.6 is 0 Å². The molecule has 4 heteroatoms. The molecule has 1 fully saturated rings. The Bertz CT molecular complexity index is 1410. The van der Waals surface area contributed by atoms with Gasteiger partial charge in [0.2, 0.25) is 5.89 Å². The lowest BCUT2D eigenvalue weighted by Gasteiger charge is -2.22. The first-order valence-electron chi connectivity index (χ1n) is 13.3. The Morgan fingerprint density at radius 3 is 2.13 bits per heavy atom. The number of nitrogens with one attached hydrogen (secondary N) is 1. The van der Waals surface area contributed by atoms with Gasteiger partial charge < -0.3 is 14.5 Å². The average molecular weight is 501 g/mol. The summed E-state index contributed by atoms with van der Waals surface area (Å²) in [4.78, 5) is 5.22. The van der Waals surface area contributed by atoms with Crippen LogP contribution in [0.1, 0.15) is 22.9 Å². The first-order chi connectivity index (χ1) is 18.8. The van der Waals surface area contributed by atoms with Gasteiger partial charge in [0.15, 0.2) is 5.76 Å². The molecular weight excluding hydrogens is 468 g/mol. The van der Waals surface area contributed by atoms with Crippen molar-refractivity contribution in [3.05, 3.63) is 132 Å². The summed E-state index contributed by atoms with van der Waals surface area (Å²) in [7, 11) is 1.72. The van der Waals surface area contributed by atoms with Crippen LogP contribution in [-0.4, -0.2) is 24.7 Å². The number of benzene rings is 4. The van der Waals surface area contributed by atoms with Crippen molar-refractivity contribution in [3.8, 4) is 28.3 Å². The molecule has 0 aliphatic carbocycles. The summed E-state index contributed by atoms with van der Waals surface area (Å²) in [5.41, 5.74) is 5.59. The molecule has 4 nitrogen and oxygen atoms in total. The van der Waals surface area contributed by atoms with Crippen LogP contribution in [0.25, 0.3) is 22.6 Å². The molecule has 0 spiro atoms. The van der Waals surface area contributed by atoms with E-state index in [0.717, 1.165) is 53.6 Å². The van der Waals surface area contributed by atoms with Crippen LogP contribution < -0.4 is 10.1 Å². The first-order valence-corrected chi connectivity index (χ1v) is 13.3. The molecule has 6 rings (SSSR count). The molecule has 1 saturated heterocycles. The largest absolute Gasteiger partial charge is 0.497 e. The summed E-state index contributed by atoms with van der Waals surface area (Å²) >= 11 is 0. The molecule has 1 aromatic heterocycles. The zero-order valence-corrected chi connectivity index (χ0v) is 21.6. The summed E-state index contributed by atoms with van der Waals surface area (Å²) in [5.74, 6) is 2.99. The van der Waals surface area contributed by atoms with Gasteiger partial charge in [-0.1, -0.05) is 103 Å². The Morgan fingerprint density at radius 1 is 0.763 bits per heavy atom. The lowest BCUT2D eigenvalue weighted by Crippen LogP contribution is -2.29. The molecule has 5 aromatic rings. The predicted octanol–water partition coefficient (Wildman–Crippen LogP) is 7.17. The van der Waals surface area contributed by atoms with Crippen LogP contribution in [-0.2, 0) is 12.8 Å². The van der Waals surface area contributed by atoms with Gasteiger partial charge in [0.05, 0.1) is 13.0 Å². The minimum atomic E-state index is 0.126. The number of methoxy groups -OCH3 is 1. The summed E-state index contributed by atoms with van der Waals surface area (Å²) in [6.07, 6.45) is 1.84. The van der Waals surface area contributed by atoms with E-state index in [1.807, 2.05) is 30.3 Å². The van der Waals surface area contributed by atoms with Crippen molar-refractivity contribution < 1.29 is 9.15 Å². The molecule has 1 aliphatic heterocycles. The number of hydrogen-bond acceptors (Lipinski definition) is 4. The number of rotatable bonds is 8. The van der Waals surface area contributed by atoms with Crippen LogP contribution in [0, 0.1) is 5.92 Å². The zero-order valence-electron chi connectivity index (χ0n) is 21.6. The van der Waals surface area contributed by atoms with Crippen molar-refractivity contribution >= 4 is 0 Å². The van der Waals surface area contributed by atoms with Crippen molar-refractivity contribution in [1.29, 1.82) is 0 Å². The second kappa shape index (κ2) is 11.1. The van der Waals surface area contributed by atoms with E-state index >= 15 is 0 Å². The minimum Gasteiger partial charge on any atom is -0.497 e. The third-order valence-corrected chi connectivity index (χ3v) is 7.53. The summed E-state index contributed by atoms with van der Waals surface area (Å²) in [6.45, 7) is 0.906. The second-order valence-electron chi connectivity index (χ2n) is 10.0. The van der Waals surface area contributed by atoms with E-state index in [1.54, 1.807) is 7.11 Å². The number of nitrogens with zero attached hydrogens (tertiary/aromatic N) is 1. The Morgan fingerprint density at radius 2 is 1.42 bits per heavy atom. The Balaban J connectivity index is 1.42. The fourth-order valence-corrected chi connectivity index (χ4v) is 5.68. The highest BCUT2D eigenvalue weighted by molar-refractivity contribution is 5.76. The quantitative estimate of drug-likeness (QED) is 0.245. The molecule has 2 heterocycles. The maximum atomic E-state index is 6.74. The van der Waals surface area contributed by atoms with Gasteiger partial charge in [-0.15, -0.1) is 0 Å². The molecule has 3 unspecified atom stereocenters. The van der Waals surface area contributed by atoms with E-state index in [1.165, 1.54) is 11.1 Å². The lowest BCUT2D eigenvalue weighted by atomic mass is 9.83. The Hall–Kier alpha value is -4.15. The second-order valence-corrected chi connectivity index (χ2v) is 10.0. The van der Waals surface area contributed by atoms with Gasteiger partial charge >= 0.3 is 0 Å². The number of aromatic nitrogens is 1. The minimum absolute atomic E-state index is 0.126. The summed E-state index contributed by atoms with van der Waals surface area (Å²) < 4.78 is 12.2. The molecule has 38 heavy (non-hydrogen) atoms. The van der Waals surface area contributed by atoms with E-state index < -0.39 is 0 Å². The molecule has 0 bridgehead atoms. The van der Waals surface area contributed by atoms with Crippen LogP contribution in [0.4, 0.5) is 0 Å². The highest BCUT2D eigenvalue weighted by Crippen LogP contribution is 2.41. The van der Waals surface area contributed by atoms with Crippen molar-refractivity contribution in [1.82, 2.24) is 10.3 Å². The van der Waals surface area contributed by atoms with Crippen molar-refractivity contribution in [2.24, 2.45) is 5.92 Å². The Kier molecular flexibility index (Phi) is 7.05. The summed E-state index contributed by atoms with van der Waals surface area (Å²) in [6, 6.07) is 40.0. The highest BCUT2D eigenvalue weighted by atomic mass is 16.5. The first kappa shape index (κ1) is 24.2. The molecule has 0 saturated carbocycles. The highest BCUT2D eigenvalue weighted by Gasteiger charge is 2.40. The van der Waals surface area contributed by atoms with Crippen LogP contribution in [0.5, 0.6) is 5.75 Å². The predicted molar refractivity (Wildman–Crippen MR) is 152 cm³/mol. The molecular formula is C34H32N2O2. The van der Waals surface area contributed by atoms with Crippen LogP contribution in [0.2, 0.25) is 0 Å². The third-order valence-electron chi connectivity index (χ3n) is 7.53. The number of oxazole rings is 1. The van der Waals surface area contributed by atoms with E-state index in [2.05, 4.69) is 90.2 Å². The smallest absolute Gasteiger partial charge is 0.200 e. The van der Waals surface area contributed by atoms with E-state index in [4.69, 9.17) is 14.1 Å². The average Bonchev–Trinajstić information content (AvgIpc) is 3.59. The van der Waals surface area contributed by atoms with Gasteiger partial charge in [0, 0.05) is 17.2 Å². The van der Waals surface area contributed by atoms with Crippen LogP contribution in [0.15, 0.2) is 120 Å². The van der Waals surface area contributed by atoms with Crippen molar-refractivity contribution in [2.75, 3.05) is 13.7 Å². The lowest BCUT2D eigenvalue weighted by molar-refractivity contribution is 0.367. The monoisotopic (exact) mass is 500 g/mol. The fourth-order valence-electron chi connectivity index (χ4n) is 5.68. The van der Waals surface area contributed by atoms with Gasteiger partial charge in [-0.05, 0) is 48.6 Å². The van der Waals surface area contributed by atoms with Gasteiger partial charge in [0.25, 0.3) is 0 Å². The molecule has 190 valence electrons. The standard InChI is InChI=1S/C34H32N2O2/c1-37-29-19-11-14-25(21-29)20-28-23-35-30(22-24-12-5-2-6-13-24)31(28)34-36-32(26-15-7-3-8-16-26)33(38-34)27-17-9-4-10-18-27/h2-19,21,28,30-31,35H,20,22-23H2,1H3. The molecule has 3 atom stereocenters. The number of ether oxygens (including phenoxy) is 1. The molecule has 0 amide bonds. The van der Waals surface area contributed by atoms with E-state index in [-0.39, 0.29) is 12.0 Å². The van der Waals surface area contributed by atoms with Gasteiger partial charge in [-0.2, -0.15) is 0 Å². The Labute approximate surface area is 224 Å². The van der Waals surface area contributed by atoms with Crippen LogP contribution in [0.3, 0.4) is 0 Å². The maximum absolute atomic E-state index is 6.74. The zero-order chi connectivity index (χ0) is 25.7. The topological polar surface area (TPSA) is 47.3 Å². The molecule has 0 radical (unpaired) electrons. The van der Waals surface area contributed by atoms with Gasteiger partial charge in [-0.25, -0.2) is 4.98 Å². The van der Waals surface area contributed by atoms with E-state index in [0.29, 0.717) is 5.92 Å². The SMILES string of the molecule is COc1cccc(CC2CNC(Cc3ccccc3)C2c2nc(-c3ccccc3)c(-c3ccccc3)o2)c1. The van der Waals surface area contributed by atoms with E-state index in [9.17, 15) is 0 Å². The maximum Gasteiger partial charge on any atom is 0.200 e. The third kappa shape index (κ3) is 5.13. The van der Waals surface area contributed by atoms with Gasteiger partial charge in [0.1, 0.15) is 11.4 Å². The number of hydrogen-bond donors (Lipinski definition) is 1. The van der Waals surface area contributed by atoms with Crippen molar-refractivity contribution in [2.45, 2.75) is 24.8 Å². The van der Waals surface area contributed by atoms with Gasteiger partial charge in [-0.3, -0.25) is 0 Å². The van der Waals surface area contributed by atoms with Crippen molar-refractivity contribution in [3.63, 3.8) is 0 Å². The molecule has 4 aromatic carbocycles. The normalized spacial score (nSPS) is 18.9. The molecule has 1 aliphatic rings. The fraction of sp³-hybridized carbons (Fsp3) is 0.206. The summed E-state index contributed by atoms with van der Waals surface area (Å²) in [5, 5.41) is 3.83.